The highest BCUT2D eigenvalue weighted by molar-refractivity contribution is 5.94. The maximum absolute atomic E-state index is 13.8. The van der Waals surface area contributed by atoms with Crippen LogP contribution in [0.3, 0.4) is 0 Å². The van der Waals surface area contributed by atoms with Crippen molar-refractivity contribution in [1.29, 1.82) is 0 Å². The highest BCUT2D eigenvalue weighted by atomic mass is 16.5. The molecule has 6 rings (SSSR count). The van der Waals surface area contributed by atoms with E-state index in [0.29, 0.717) is 67.7 Å². The Balaban J connectivity index is 1.63. The van der Waals surface area contributed by atoms with E-state index in [9.17, 15) is 9.59 Å². The molecule has 0 spiro atoms. The van der Waals surface area contributed by atoms with Crippen molar-refractivity contribution in [3.05, 3.63) is 70.9 Å². The summed E-state index contributed by atoms with van der Waals surface area (Å²) in [5, 5.41) is 2.84. The lowest BCUT2D eigenvalue weighted by atomic mass is 9.87. The summed E-state index contributed by atoms with van der Waals surface area (Å²) in [5.41, 5.74) is 3.20. The molecule has 3 aromatic rings. The van der Waals surface area contributed by atoms with Crippen LogP contribution >= 0.6 is 0 Å². The van der Waals surface area contributed by atoms with Crippen LogP contribution in [-0.4, -0.2) is 55.1 Å². The molecule has 1 aromatic heterocycles. The molecule has 2 amide bonds. The zero-order valence-electron chi connectivity index (χ0n) is 20.4. The Hall–Kier alpha value is -4.01. The zero-order chi connectivity index (χ0) is 25.1. The van der Waals surface area contributed by atoms with E-state index in [4.69, 9.17) is 18.6 Å². The van der Waals surface area contributed by atoms with Gasteiger partial charge in [-0.15, -0.1) is 0 Å². The molecule has 2 aromatic carbocycles. The van der Waals surface area contributed by atoms with Crippen molar-refractivity contribution in [3.8, 4) is 17.2 Å². The van der Waals surface area contributed by atoms with Gasteiger partial charge in [-0.05, 0) is 53.8 Å². The van der Waals surface area contributed by atoms with Crippen molar-refractivity contribution in [2.45, 2.75) is 32.2 Å². The molecule has 6 bridgehead atoms. The summed E-state index contributed by atoms with van der Waals surface area (Å²) in [6.07, 6.45) is 3.15. The molecule has 1 N–H and O–H groups in total. The van der Waals surface area contributed by atoms with Gasteiger partial charge < -0.3 is 28.8 Å². The van der Waals surface area contributed by atoms with Crippen LogP contribution in [-0.2, 0) is 17.6 Å². The number of benzene rings is 2. The quantitative estimate of drug-likeness (QED) is 0.600. The highest BCUT2D eigenvalue weighted by Gasteiger charge is 2.36. The number of hydrogen-bond acceptors (Lipinski definition) is 7. The summed E-state index contributed by atoms with van der Waals surface area (Å²) in [7, 11) is 1.56. The Morgan fingerprint density at radius 2 is 2.14 bits per heavy atom. The number of carbonyl (C=O) groups is 2. The molecule has 3 aliphatic heterocycles. The Kier molecular flexibility index (Phi) is 6.79. The molecular formula is C27H29N3O6. The lowest BCUT2D eigenvalue weighted by molar-refractivity contribution is -0.123. The number of oxazole rings is 1. The molecule has 36 heavy (non-hydrogen) atoms. The van der Waals surface area contributed by atoms with E-state index >= 15 is 0 Å². The van der Waals surface area contributed by atoms with Gasteiger partial charge in [0.25, 0.3) is 11.8 Å². The van der Waals surface area contributed by atoms with Gasteiger partial charge in [0.15, 0.2) is 30.2 Å². The maximum Gasteiger partial charge on any atom is 0.276 e. The molecular weight excluding hydrogens is 462 g/mol. The standard InChI is InChI=1S/C27H29N3O6/c1-3-21-25(29-16-36-21)27(32)30-10-8-17-13-23-22(33-2)14-20(17)26(30)18-6-4-7-19(12-18)34-11-5-9-28-24(31)15-35-23/h4,6-7,12-14,16,26H,3,5,8-11,15H2,1-2H3,(H,28,31). The monoisotopic (exact) mass is 491 g/mol. The number of nitrogens with zero attached hydrogens (tertiary/aromatic N) is 2. The molecule has 4 heterocycles. The van der Waals surface area contributed by atoms with Gasteiger partial charge in [-0.25, -0.2) is 4.98 Å². The fourth-order valence-electron chi connectivity index (χ4n) is 4.77. The van der Waals surface area contributed by atoms with E-state index in [1.54, 1.807) is 7.11 Å². The summed E-state index contributed by atoms with van der Waals surface area (Å²) < 4.78 is 22.9. The van der Waals surface area contributed by atoms with Gasteiger partial charge in [0, 0.05) is 19.5 Å². The Morgan fingerprint density at radius 3 is 2.97 bits per heavy atom. The number of methoxy groups -OCH3 is 1. The first-order chi connectivity index (χ1) is 17.6. The number of amides is 2. The molecule has 0 aliphatic carbocycles. The summed E-state index contributed by atoms with van der Waals surface area (Å²) in [5.74, 6) is 1.87. The molecule has 0 saturated heterocycles. The third-order valence-corrected chi connectivity index (χ3v) is 6.52. The average molecular weight is 492 g/mol. The summed E-state index contributed by atoms with van der Waals surface area (Å²) >= 11 is 0. The number of rotatable bonds is 3. The Morgan fingerprint density at radius 1 is 1.25 bits per heavy atom. The van der Waals surface area contributed by atoms with E-state index in [1.807, 2.05) is 48.2 Å². The van der Waals surface area contributed by atoms with Crippen molar-refractivity contribution >= 4 is 11.8 Å². The van der Waals surface area contributed by atoms with Crippen molar-refractivity contribution < 1.29 is 28.2 Å². The molecule has 1 atom stereocenters. The van der Waals surface area contributed by atoms with Crippen LogP contribution in [0, 0.1) is 0 Å². The van der Waals surface area contributed by atoms with Crippen LogP contribution in [0.1, 0.15) is 52.3 Å². The van der Waals surface area contributed by atoms with Crippen LogP contribution in [0.15, 0.2) is 47.2 Å². The zero-order valence-corrected chi connectivity index (χ0v) is 20.4. The molecule has 9 heteroatoms. The lowest BCUT2D eigenvalue weighted by Crippen LogP contribution is -2.41. The van der Waals surface area contributed by atoms with Gasteiger partial charge in [0.2, 0.25) is 0 Å². The van der Waals surface area contributed by atoms with Gasteiger partial charge in [0.1, 0.15) is 11.5 Å². The molecule has 188 valence electrons. The predicted molar refractivity (Wildman–Crippen MR) is 131 cm³/mol. The normalized spacial score (nSPS) is 17.7. The van der Waals surface area contributed by atoms with Crippen LogP contribution in [0.2, 0.25) is 0 Å². The van der Waals surface area contributed by atoms with E-state index in [1.165, 1.54) is 6.39 Å². The molecule has 0 fully saturated rings. The van der Waals surface area contributed by atoms with E-state index in [0.717, 1.165) is 16.7 Å². The molecule has 3 aliphatic rings. The summed E-state index contributed by atoms with van der Waals surface area (Å²) in [4.78, 5) is 32.1. The first kappa shape index (κ1) is 23.7. The number of aromatic nitrogens is 1. The van der Waals surface area contributed by atoms with Crippen LogP contribution in [0.5, 0.6) is 17.2 Å². The molecule has 0 saturated carbocycles. The number of hydrogen-bond donors (Lipinski definition) is 1. The second kappa shape index (κ2) is 10.3. The minimum atomic E-state index is -0.398. The highest BCUT2D eigenvalue weighted by Crippen LogP contribution is 2.42. The van der Waals surface area contributed by atoms with Gasteiger partial charge in [-0.1, -0.05) is 19.1 Å². The van der Waals surface area contributed by atoms with Crippen LogP contribution in [0.4, 0.5) is 0 Å². The Labute approximate surface area is 209 Å². The van der Waals surface area contributed by atoms with Crippen LogP contribution in [0.25, 0.3) is 0 Å². The number of ether oxygens (including phenoxy) is 3. The molecule has 1 unspecified atom stereocenters. The first-order valence-electron chi connectivity index (χ1n) is 12.2. The number of aryl methyl sites for hydroxylation is 1. The topological polar surface area (TPSA) is 103 Å². The third kappa shape index (κ3) is 4.60. The molecule has 0 radical (unpaired) electrons. The Bertz CT molecular complexity index is 1270. The van der Waals surface area contributed by atoms with Crippen molar-refractivity contribution in [1.82, 2.24) is 15.2 Å². The van der Waals surface area contributed by atoms with E-state index in [2.05, 4.69) is 10.3 Å². The second-order valence-electron chi connectivity index (χ2n) is 8.74. The summed E-state index contributed by atoms with van der Waals surface area (Å²) in [6.45, 7) is 3.22. The van der Waals surface area contributed by atoms with E-state index < -0.39 is 6.04 Å². The largest absolute Gasteiger partial charge is 0.494 e. The van der Waals surface area contributed by atoms with Crippen molar-refractivity contribution in [3.63, 3.8) is 0 Å². The van der Waals surface area contributed by atoms with Crippen LogP contribution < -0.4 is 19.5 Å². The van der Waals surface area contributed by atoms with Gasteiger partial charge in [-0.3, -0.25) is 9.59 Å². The fourth-order valence-corrected chi connectivity index (χ4v) is 4.77. The summed E-state index contributed by atoms with van der Waals surface area (Å²) in [6, 6.07) is 11.2. The fraction of sp³-hybridized carbons (Fsp3) is 0.370. The predicted octanol–water partition coefficient (Wildman–Crippen LogP) is 3.31. The minimum absolute atomic E-state index is 0.116. The number of nitrogens with one attached hydrogen (secondary N) is 1. The first-order valence-corrected chi connectivity index (χ1v) is 12.2. The minimum Gasteiger partial charge on any atom is -0.494 e. The second-order valence-corrected chi connectivity index (χ2v) is 8.74. The average Bonchev–Trinajstić information content (AvgIpc) is 3.38. The van der Waals surface area contributed by atoms with Gasteiger partial charge in [0.05, 0.1) is 19.8 Å². The SMILES string of the molecule is CCc1ocnc1C(=O)N1CCc2cc3c(OC)cc2C1c1cccc(c1)OCCCNC(=O)CO3. The van der Waals surface area contributed by atoms with Gasteiger partial charge in [-0.2, -0.15) is 0 Å². The molecule has 9 nitrogen and oxygen atoms in total. The van der Waals surface area contributed by atoms with Crippen molar-refractivity contribution in [2.24, 2.45) is 0 Å². The smallest absolute Gasteiger partial charge is 0.276 e. The lowest BCUT2D eigenvalue weighted by Gasteiger charge is -2.38. The maximum atomic E-state index is 13.8. The third-order valence-electron chi connectivity index (χ3n) is 6.52. The van der Waals surface area contributed by atoms with Crippen molar-refractivity contribution in [2.75, 3.05) is 33.4 Å². The number of carbonyl (C=O) groups excluding carboxylic acids is 2. The van der Waals surface area contributed by atoms with Gasteiger partial charge >= 0.3 is 0 Å². The number of fused-ring (bicyclic) bond motifs is 8. The van der Waals surface area contributed by atoms with E-state index in [-0.39, 0.29) is 18.4 Å².